The molecule has 0 aliphatic carbocycles. The van der Waals surface area contributed by atoms with Gasteiger partial charge in [0.15, 0.2) is 0 Å². The van der Waals surface area contributed by atoms with Crippen LogP contribution in [0.15, 0.2) is 30.6 Å². The molecule has 0 amide bonds. The fraction of sp³-hybridized carbons (Fsp3) is 0.357. The minimum Gasteiger partial charge on any atom is -0.398 e. The largest absolute Gasteiger partial charge is 0.398 e. The first-order valence-corrected chi connectivity index (χ1v) is 7.46. The van der Waals surface area contributed by atoms with Crippen molar-refractivity contribution in [3.05, 3.63) is 30.6 Å². The lowest BCUT2D eigenvalue weighted by Crippen LogP contribution is -2.24. The molecule has 1 saturated heterocycles. The molecule has 3 N–H and O–H groups in total. The second-order valence-corrected chi connectivity index (χ2v) is 5.88. The van der Waals surface area contributed by atoms with Gasteiger partial charge in [-0.25, -0.2) is 0 Å². The Hall–Kier alpha value is -1.42. The van der Waals surface area contributed by atoms with E-state index in [0.717, 1.165) is 22.1 Å². The zero-order valence-electron chi connectivity index (χ0n) is 10.2. The molecule has 0 unspecified atom stereocenters. The summed E-state index contributed by atoms with van der Waals surface area (Å²) < 4.78 is 0. The number of anilines is 2. The van der Waals surface area contributed by atoms with Crippen LogP contribution in [0.5, 0.6) is 0 Å². The Bertz CT molecular complexity index is 550. The van der Waals surface area contributed by atoms with Crippen molar-refractivity contribution >= 4 is 33.9 Å². The van der Waals surface area contributed by atoms with Crippen molar-refractivity contribution in [3.8, 4) is 0 Å². The Labute approximate surface area is 111 Å². The Morgan fingerprint density at radius 2 is 2.00 bits per heavy atom. The van der Waals surface area contributed by atoms with Gasteiger partial charge in [0.25, 0.3) is 0 Å². The summed E-state index contributed by atoms with van der Waals surface area (Å²) in [6, 6.07) is 6.61. The molecule has 0 radical (unpaired) electrons. The molecule has 2 aromatic rings. The number of nitrogens with one attached hydrogen (secondary N) is 1. The molecule has 3 nitrogen and oxygen atoms in total. The molecule has 1 aromatic heterocycles. The number of fused-ring (bicyclic) bond motifs is 1. The Kier molecular flexibility index (Phi) is 3.28. The number of benzene rings is 1. The quantitative estimate of drug-likeness (QED) is 0.814. The maximum absolute atomic E-state index is 6.00. The number of hydrogen-bond donors (Lipinski definition) is 2. The van der Waals surface area contributed by atoms with E-state index >= 15 is 0 Å². The summed E-state index contributed by atoms with van der Waals surface area (Å²) in [5.74, 6) is 2.51. The lowest BCUT2D eigenvalue weighted by atomic mass is 10.1. The maximum atomic E-state index is 6.00. The van der Waals surface area contributed by atoms with Crippen LogP contribution in [-0.4, -0.2) is 22.5 Å². The predicted molar refractivity (Wildman–Crippen MR) is 80.1 cm³/mol. The summed E-state index contributed by atoms with van der Waals surface area (Å²) in [5.41, 5.74) is 7.97. The van der Waals surface area contributed by atoms with Crippen molar-refractivity contribution in [1.29, 1.82) is 0 Å². The van der Waals surface area contributed by atoms with Crippen molar-refractivity contribution in [2.24, 2.45) is 0 Å². The summed E-state index contributed by atoms with van der Waals surface area (Å²) >= 11 is 2.04. The van der Waals surface area contributed by atoms with Gasteiger partial charge in [0.2, 0.25) is 0 Å². The summed E-state index contributed by atoms with van der Waals surface area (Å²) in [7, 11) is 0. The van der Waals surface area contributed by atoms with Gasteiger partial charge in [0.1, 0.15) is 0 Å². The van der Waals surface area contributed by atoms with E-state index < -0.39 is 0 Å². The van der Waals surface area contributed by atoms with Crippen LogP contribution >= 0.6 is 11.8 Å². The number of nitrogen functional groups attached to an aromatic ring is 1. The van der Waals surface area contributed by atoms with Gasteiger partial charge in [-0.15, -0.1) is 0 Å². The van der Waals surface area contributed by atoms with Crippen LogP contribution in [0, 0.1) is 0 Å². The Morgan fingerprint density at radius 3 is 2.83 bits per heavy atom. The van der Waals surface area contributed by atoms with Crippen molar-refractivity contribution in [2.45, 2.75) is 18.9 Å². The average Bonchev–Trinajstić information content (AvgIpc) is 2.44. The van der Waals surface area contributed by atoms with E-state index in [9.17, 15) is 0 Å². The molecule has 0 spiro atoms. The Morgan fingerprint density at radius 1 is 1.17 bits per heavy atom. The van der Waals surface area contributed by atoms with Crippen LogP contribution in [-0.2, 0) is 0 Å². The number of hydrogen-bond acceptors (Lipinski definition) is 4. The molecule has 1 fully saturated rings. The molecule has 3 rings (SSSR count). The second kappa shape index (κ2) is 5.06. The fourth-order valence-electron chi connectivity index (χ4n) is 2.40. The first-order chi connectivity index (χ1) is 8.84. The lowest BCUT2D eigenvalue weighted by molar-refractivity contribution is 0.667. The van der Waals surface area contributed by atoms with Gasteiger partial charge in [0, 0.05) is 40.6 Å². The average molecular weight is 259 g/mol. The highest BCUT2D eigenvalue weighted by Gasteiger charge is 2.14. The standard InChI is InChI=1S/C14H17N3S/c15-13-1-2-14(12-9-16-6-3-11(12)13)17-10-4-7-18-8-5-10/h1-3,6,9-10,17H,4-5,7-8,15H2. The third kappa shape index (κ3) is 2.25. The zero-order valence-corrected chi connectivity index (χ0v) is 11.0. The van der Waals surface area contributed by atoms with Gasteiger partial charge in [-0.1, -0.05) is 0 Å². The van der Waals surface area contributed by atoms with Crippen molar-refractivity contribution < 1.29 is 0 Å². The molecular weight excluding hydrogens is 242 g/mol. The van der Waals surface area contributed by atoms with E-state index in [0.29, 0.717) is 6.04 Å². The first-order valence-electron chi connectivity index (χ1n) is 6.31. The van der Waals surface area contributed by atoms with Crippen molar-refractivity contribution in [1.82, 2.24) is 4.98 Å². The molecule has 94 valence electrons. The van der Waals surface area contributed by atoms with Gasteiger partial charge in [-0.3, -0.25) is 4.98 Å². The third-order valence-corrected chi connectivity index (χ3v) is 4.48. The maximum Gasteiger partial charge on any atom is 0.0439 e. The molecule has 1 aliphatic heterocycles. The Balaban J connectivity index is 1.94. The highest BCUT2D eigenvalue weighted by molar-refractivity contribution is 7.99. The molecule has 0 bridgehead atoms. The number of nitrogens with zero attached hydrogens (tertiary/aromatic N) is 1. The monoisotopic (exact) mass is 259 g/mol. The number of aromatic nitrogens is 1. The number of nitrogens with two attached hydrogens (primary N) is 1. The molecule has 4 heteroatoms. The smallest absolute Gasteiger partial charge is 0.0439 e. The highest BCUT2D eigenvalue weighted by Crippen LogP contribution is 2.29. The van der Waals surface area contributed by atoms with Crippen LogP contribution in [0.1, 0.15) is 12.8 Å². The first kappa shape index (κ1) is 11.7. The SMILES string of the molecule is Nc1ccc(NC2CCSCC2)c2cnccc12. The van der Waals surface area contributed by atoms with Gasteiger partial charge >= 0.3 is 0 Å². The molecule has 0 saturated carbocycles. The molecule has 2 heterocycles. The number of rotatable bonds is 2. The summed E-state index contributed by atoms with van der Waals surface area (Å²) in [6.45, 7) is 0. The van der Waals surface area contributed by atoms with Crippen LogP contribution in [0.2, 0.25) is 0 Å². The minimum atomic E-state index is 0.582. The molecule has 18 heavy (non-hydrogen) atoms. The summed E-state index contributed by atoms with van der Waals surface area (Å²) in [5, 5.41) is 5.85. The van der Waals surface area contributed by atoms with Crippen LogP contribution in [0.4, 0.5) is 11.4 Å². The van der Waals surface area contributed by atoms with Gasteiger partial charge in [-0.2, -0.15) is 11.8 Å². The van der Waals surface area contributed by atoms with E-state index in [2.05, 4.69) is 16.4 Å². The summed E-state index contributed by atoms with van der Waals surface area (Å²) in [4.78, 5) is 4.21. The molecule has 1 aromatic carbocycles. The van der Waals surface area contributed by atoms with Crippen molar-refractivity contribution in [2.75, 3.05) is 22.6 Å². The van der Waals surface area contributed by atoms with Crippen LogP contribution < -0.4 is 11.1 Å². The van der Waals surface area contributed by atoms with E-state index in [1.807, 2.05) is 30.1 Å². The number of pyridine rings is 1. The highest BCUT2D eigenvalue weighted by atomic mass is 32.2. The molecule has 0 atom stereocenters. The molecular formula is C14H17N3S. The van der Waals surface area contributed by atoms with Crippen molar-refractivity contribution in [3.63, 3.8) is 0 Å². The van der Waals surface area contributed by atoms with E-state index in [4.69, 9.17) is 5.73 Å². The van der Waals surface area contributed by atoms with Gasteiger partial charge < -0.3 is 11.1 Å². The van der Waals surface area contributed by atoms with Gasteiger partial charge in [-0.05, 0) is 42.5 Å². The normalized spacial score (nSPS) is 16.9. The third-order valence-electron chi connectivity index (χ3n) is 3.43. The van der Waals surface area contributed by atoms with Gasteiger partial charge in [0.05, 0.1) is 0 Å². The predicted octanol–water partition coefficient (Wildman–Crippen LogP) is 3.12. The lowest BCUT2D eigenvalue weighted by Gasteiger charge is -2.24. The summed E-state index contributed by atoms with van der Waals surface area (Å²) in [6.07, 6.45) is 6.15. The topological polar surface area (TPSA) is 50.9 Å². The van der Waals surface area contributed by atoms with Crippen LogP contribution in [0.25, 0.3) is 10.8 Å². The second-order valence-electron chi connectivity index (χ2n) is 4.65. The number of thioether (sulfide) groups is 1. The van der Waals surface area contributed by atoms with E-state index in [1.54, 1.807) is 6.20 Å². The molecule has 1 aliphatic rings. The van der Waals surface area contributed by atoms with Crippen LogP contribution in [0.3, 0.4) is 0 Å². The van der Waals surface area contributed by atoms with E-state index in [-0.39, 0.29) is 0 Å². The fourth-order valence-corrected chi connectivity index (χ4v) is 3.51. The minimum absolute atomic E-state index is 0.582. The van der Waals surface area contributed by atoms with E-state index in [1.165, 1.54) is 24.3 Å². The zero-order chi connectivity index (χ0) is 12.4.